The Morgan fingerprint density at radius 2 is 1.35 bits per heavy atom. The van der Waals surface area contributed by atoms with Gasteiger partial charge in [0, 0.05) is 0 Å². The molecule has 3 nitrogen and oxygen atoms in total. The summed E-state index contributed by atoms with van der Waals surface area (Å²) in [6, 6.07) is 0.192. The number of likely N-dealkylation sites (N-methyl/N-ethyl adjacent to an activating group) is 1. The summed E-state index contributed by atoms with van der Waals surface area (Å²) in [6.07, 6.45) is 18.1. The van der Waals surface area contributed by atoms with Gasteiger partial charge in [0.2, 0.25) is 5.91 Å². The van der Waals surface area contributed by atoms with E-state index in [1.165, 1.54) is 89.7 Å². The maximum atomic E-state index is 11.3. The first-order chi connectivity index (χ1) is 11.9. The largest absolute Gasteiger partial charge is 1.00 e. The molecule has 0 aliphatic carbocycles. The fraction of sp³-hybridized carbons (Fsp3) is 0.864. The number of hydrogen-bond acceptors (Lipinski definition) is 1. The summed E-state index contributed by atoms with van der Waals surface area (Å²) >= 11 is 0. The lowest BCUT2D eigenvalue weighted by Gasteiger charge is -2.32. The molecule has 0 heterocycles. The van der Waals surface area contributed by atoms with Gasteiger partial charge in [-0.15, -0.1) is 0 Å². The van der Waals surface area contributed by atoms with E-state index in [-0.39, 0.29) is 28.9 Å². The fourth-order valence-corrected chi connectivity index (χ4v) is 3.56. The van der Waals surface area contributed by atoms with E-state index in [4.69, 9.17) is 0 Å². The number of nitrogens with one attached hydrogen (secondary N) is 1. The van der Waals surface area contributed by atoms with Crippen LogP contribution in [-0.4, -0.2) is 43.6 Å². The van der Waals surface area contributed by atoms with Crippen LogP contribution >= 0.6 is 0 Å². The molecule has 0 aliphatic heterocycles. The molecule has 0 aromatic rings. The molecule has 0 radical (unpaired) electrons. The number of carbonyl (C=O) groups is 1. The second kappa shape index (κ2) is 18.0. The van der Waals surface area contributed by atoms with Crippen molar-refractivity contribution in [2.24, 2.45) is 0 Å². The minimum Gasteiger partial charge on any atom is -1.00 e. The van der Waals surface area contributed by atoms with E-state index >= 15 is 0 Å². The number of halogens is 1. The van der Waals surface area contributed by atoms with Crippen LogP contribution in [0.1, 0.15) is 90.9 Å². The molecule has 0 saturated heterocycles. The standard InChI is InChI=1S/C22H44N2O.BrH/c1-6-8-9-10-11-12-13-14-15-16-17-18-19-24(4,5)20-21(3)23-22(25)7-2;/h7,21H,2,6,8-20H2,1,3-5H3;1H. The van der Waals surface area contributed by atoms with Crippen molar-refractivity contribution in [1.82, 2.24) is 5.32 Å². The van der Waals surface area contributed by atoms with Crippen LogP contribution in [0, 0.1) is 0 Å². The summed E-state index contributed by atoms with van der Waals surface area (Å²) < 4.78 is 0.969. The van der Waals surface area contributed by atoms with E-state index in [9.17, 15) is 4.79 Å². The zero-order chi connectivity index (χ0) is 19.0. The molecule has 26 heavy (non-hydrogen) atoms. The van der Waals surface area contributed by atoms with Crippen molar-refractivity contribution in [1.29, 1.82) is 0 Å². The highest BCUT2D eigenvalue weighted by Crippen LogP contribution is 2.13. The number of carbonyl (C=O) groups excluding carboxylic acids is 1. The molecule has 0 aliphatic rings. The van der Waals surface area contributed by atoms with Gasteiger partial charge in [0.25, 0.3) is 0 Å². The molecule has 1 N–H and O–H groups in total. The molecule has 0 bridgehead atoms. The van der Waals surface area contributed by atoms with Crippen LogP contribution in [-0.2, 0) is 4.79 Å². The van der Waals surface area contributed by atoms with Gasteiger partial charge in [0.1, 0.15) is 0 Å². The van der Waals surface area contributed by atoms with Gasteiger partial charge >= 0.3 is 0 Å². The maximum Gasteiger partial charge on any atom is 0.243 e. The lowest BCUT2D eigenvalue weighted by atomic mass is 10.1. The van der Waals surface area contributed by atoms with E-state index in [1.807, 2.05) is 0 Å². The van der Waals surface area contributed by atoms with Crippen molar-refractivity contribution in [3.05, 3.63) is 12.7 Å². The Morgan fingerprint density at radius 1 is 0.923 bits per heavy atom. The van der Waals surface area contributed by atoms with Gasteiger partial charge in [-0.1, -0.05) is 77.7 Å². The molecule has 1 atom stereocenters. The van der Waals surface area contributed by atoms with Crippen molar-refractivity contribution in [3.8, 4) is 0 Å². The van der Waals surface area contributed by atoms with Crippen molar-refractivity contribution in [2.45, 2.75) is 96.9 Å². The highest BCUT2D eigenvalue weighted by molar-refractivity contribution is 5.87. The third-order valence-electron chi connectivity index (χ3n) is 4.96. The van der Waals surface area contributed by atoms with Crippen LogP contribution in [0.4, 0.5) is 0 Å². The number of quaternary nitrogens is 1. The third-order valence-corrected chi connectivity index (χ3v) is 4.96. The average molecular weight is 434 g/mol. The maximum absolute atomic E-state index is 11.3. The summed E-state index contributed by atoms with van der Waals surface area (Å²) in [5.41, 5.74) is 0. The third kappa shape index (κ3) is 18.4. The monoisotopic (exact) mass is 432 g/mol. The minimum absolute atomic E-state index is 0. The number of amides is 1. The summed E-state index contributed by atoms with van der Waals surface area (Å²) in [5.74, 6) is -0.0714. The Kier molecular flexibility index (Phi) is 19.3. The SMILES string of the molecule is C=CC(=O)NC(C)C[N+](C)(C)CCCCCCCCCCCCCC.[Br-]. The molecule has 0 aromatic heterocycles. The van der Waals surface area contributed by atoms with Gasteiger partial charge in [-0.25, -0.2) is 0 Å². The lowest BCUT2D eigenvalue weighted by Crippen LogP contribution is -3.00. The first-order valence-electron chi connectivity index (χ1n) is 10.7. The van der Waals surface area contributed by atoms with E-state index in [0.717, 1.165) is 11.0 Å². The zero-order valence-electron chi connectivity index (χ0n) is 18.0. The second-order valence-electron chi connectivity index (χ2n) is 8.34. The average Bonchev–Trinajstić information content (AvgIpc) is 2.55. The number of unbranched alkanes of at least 4 members (excludes halogenated alkanes) is 11. The van der Waals surface area contributed by atoms with Gasteiger partial charge in [-0.2, -0.15) is 0 Å². The molecule has 1 unspecified atom stereocenters. The Hall–Kier alpha value is -0.350. The van der Waals surface area contributed by atoms with Gasteiger partial charge in [0.15, 0.2) is 0 Å². The first kappa shape index (κ1) is 27.9. The molecule has 1 amide bonds. The summed E-state index contributed by atoms with van der Waals surface area (Å²) in [6.45, 7) is 10.0. The molecular formula is C22H45BrN2O. The normalized spacial score (nSPS) is 12.3. The van der Waals surface area contributed by atoms with Crippen molar-refractivity contribution in [3.63, 3.8) is 0 Å². The number of hydrogen-bond donors (Lipinski definition) is 1. The summed E-state index contributed by atoms with van der Waals surface area (Å²) in [7, 11) is 4.52. The van der Waals surface area contributed by atoms with Crippen LogP contribution < -0.4 is 22.3 Å². The van der Waals surface area contributed by atoms with Crippen LogP contribution in [0.15, 0.2) is 12.7 Å². The van der Waals surface area contributed by atoms with Gasteiger partial charge in [0.05, 0.1) is 33.2 Å². The zero-order valence-corrected chi connectivity index (χ0v) is 19.6. The fourth-order valence-electron chi connectivity index (χ4n) is 3.56. The lowest BCUT2D eigenvalue weighted by molar-refractivity contribution is -0.891. The number of nitrogens with zero attached hydrogens (tertiary/aromatic N) is 1. The Morgan fingerprint density at radius 3 is 1.77 bits per heavy atom. The Bertz CT molecular complexity index is 345. The molecule has 0 saturated carbocycles. The smallest absolute Gasteiger partial charge is 0.243 e. The topological polar surface area (TPSA) is 29.1 Å². The highest BCUT2D eigenvalue weighted by atomic mass is 79.9. The highest BCUT2D eigenvalue weighted by Gasteiger charge is 2.19. The van der Waals surface area contributed by atoms with Crippen LogP contribution in [0.5, 0.6) is 0 Å². The van der Waals surface area contributed by atoms with Crippen LogP contribution in [0.2, 0.25) is 0 Å². The molecule has 156 valence electrons. The van der Waals surface area contributed by atoms with E-state index in [2.05, 4.69) is 39.8 Å². The summed E-state index contributed by atoms with van der Waals surface area (Å²) in [4.78, 5) is 11.3. The first-order valence-corrected chi connectivity index (χ1v) is 10.7. The quantitative estimate of drug-likeness (QED) is 0.213. The van der Waals surface area contributed by atoms with Crippen molar-refractivity contribution in [2.75, 3.05) is 27.2 Å². The predicted octanol–water partition coefficient (Wildman–Crippen LogP) is 2.46. The molecule has 4 heteroatoms. The van der Waals surface area contributed by atoms with E-state index < -0.39 is 0 Å². The minimum atomic E-state index is -0.0714. The predicted molar refractivity (Wildman–Crippen MR) is 111 cm³/mol. The second-order valence-corrected chi connectivity index (χ2v) is 8.34. The Labute approximate surface area is 174 Å². The van der Waals surface area contributed by atoms with Crippen molar-refractivity contribution < 1.29 is 26.3 Å². The molecule has 0 fully saturated rings. The van der Waals surface area contributed by atoms with Crippen LogP contribution in [0.3, 0.4) is 0 Å². The van der Waals surface area contributed by atoms with Crippen LogP contribution in [0.25, 0.3) is 0 Å². The number of rotatable bonds is 17. The molecule has 0 spiro atoms. The molecule has 0 aromatic carbocycles. The molecular weight excluding hydrogens is 388 g/mol. The van der Waals surface area contributed by atoms with E-state index in [1.54, 1.807) is 0 Å². The van der Waals surface area contributed by atoms with Gasteiger partial charge < -0.3 is 26.8 Å². The van der Waals surface area contributed by atoms with Crippen molar-refractivity contribution >= 4 is 5.91 Å². The van der Waals surface area contributed by atoms with E-state index in [0.29, 0.717) is 0 Å². The molecule has 0 rings (SSSR count). The Balaban J connectivity index is 0. The van der Waals surface area contributed by atoms with Gasteiger partial charge in [-0.05, 0) is 25.8 Å². The van der Waals surface area contributed by atoms with Gasteiger partial charge in [-0.3, -0.25) is 4.79 Å². The summed E-state index contributed by atoms with van der Waals surface area (Å²) in [5, 5.41) is 2.96.